The van der Waals surface area contributed by atoms with Gasteiger partial charge in [0, 0.05) is 33.4 Å². The molecule has 1 heterocycles. The van der Waals surface area contributed by atoms with Gasteiger partial charge in [-0.2, -0.15) is 13.2 Å². The van der Waals surface area contributed by atoms with Crippen LogP contribution in [0, 0.1) is 0 Å². The summed E-state index contributed by atoms with van der Waals surface area (Å²) in [7, 11) is 1.64. The first-order valence-corrected chi connectivity index (χ1v) is 6.72. The Hall–Kier alpha value is -1.02. The van der Waals surface area contributed by atoms with E-state index in [4.69, 9.17) is 4.74 Å². The van der Waals surface area contributed by atoms with Gasteiger partial charge in [0.1, 0.15) is 6.61 Å². The van der Waals surface area contributed by atoms with E-state index in [1.54, 1.807) is 7.05 Å². The molecule has 0 aromatic carbocycles. The van der Waals surface area contributed by atoms with Crippen molar-refractivity contribution in [3.05, 3.63) is 0 Å². The molecule has 5 nitrogen and oxygen atoms in total. The highest BCUT2D eigenvalue weighted by atomic mass is 19.4. The van der Waals surface area contributed by atoms with Crippen LogP contribution in [0.15, 0.2) is 4.99 Å². The number of hydrogen-bond acceptors (Lipinski definition) is 3. The Bertz CT molecular complexity index is 292. The fraction of sp³-hybridized carbons (Fsp3) is 0.917. The average Bonchev–Trinajstić information content (AvgIpc) is 2.89. The zero-order valence-electron chi connectivity index (χ0n) is 11.6. The topological polar surface area (TPSA) is 54.9 Å². The summed E-state index contributed by atoms with van der Waals surface area (Å²) in [6, 6.07) is 0. The van der Waals surface area contributed by atoms with Crippen molar-refractivity contribution in [1.82, 2.24) is 10.6 Å². The average molecular weight is 297 g/mol. The lowest BCUT2D eigenvalue weighted by molar-refractivity contribution is -0.173. The monoisotopic (exact) mass is 297 g/mol. The second-order valence-electron chi connectivity index (χ2n) is 4.54. The highest BCUT2D eigenvalue weighted by molar-refractivity contribution is 5.79. The Kier molecular flexibility index (Phi) is 7.68. The molecular weight excluding hydrogens is 275 g/mol. The van der Waals surface area contributed by atoms with E-state index in [1.165, 1.54) is 0 Å². The SMILES string of the molecule is CN=C(NCCCOCC(F)(F)F)NCC1CCCO1. The minimum atomic E-state index is -4.26. The number of alkyl halides is 3. The van der Waals surface area contributed by atoms with E-state index in [-0.39, 0.29) is 12.7 Å². The van der Waals surface area contributed by atoms with Gasteiger partial charge in [0.25, 0.3) is 0 Å². The summed E-state index contributed by atoms with van der Waals surface area (Å²) >= 11 is 0. The van der Waals surface area contributed by atoms with Crippen molar-refractivity contribution in [3.8, 4) is 0 Å². The predicted octanol–water partition coefficient (Wildman–Crippen LogP) is 1.30. The van der Waals surface area contributed by atoms with Crippen LogP contribution in [0.4, 0.5) is 13.2 Å². The second kappa shape index (κ2) is 9.02. The van der Waals surface area contributed by atoms with E-state index in [0.717, 1.165) is 19.4 Å². The fourth-order valence-electron chi connectivity index (χ4n) is 1.81. The number of halogens is 3. The lowest BCUT2D eigenvalue weighted by Crippen LogP contribution is -2.41. The normalized spacial score (nSPS) is 20.2. The van der Waals surface area contributed by atoms with Gasteiger partial charge in [0.05, 0.1) is 6.10 Å². The van der Waals surface area contributed by atoms with E-state index in [2.05, 4.69) is 20.4 Å². The van der Waals surface area contributed by atoms with Crippen LogP contribution in [0.3, 0.4) is 0 Å². The third kappa shape index (κ3) is 8.21. The molecule has 0 bridgehead atoms. The van der Waals surface area contributed by atoms with Crippen molar-refractivity contribution in [2.24, 2.45) is 4.99 Å². The third-order valence-electron chi connectivity index (χ3n) is 2.77. The number of rotatable bonds is 7. The van der Waals surface area contributed by atoms with Crippen LogP contribution >= 0.6 is 0 Å². The zero-order valence-corrected chi connectivity index (χ0v) is 11.6. The Morgan fingerprint density at radius 3 is 2.80 bits per heavy atom. The van der Waals surface area contributed by atoms with Gasteiger partial charge in [-0.15, -0.1) is 0 Å². The number of aliphatic imine (C=N–C) groups is 1. The Balaban J connectivity index is 2.00. The second-order valence-corrected chi connectivity index (χ2v) is 4.54. The van der Waals surface area contributed by atoms with E-state index >= 15 is 0 Å². The van der Waals surface area contributed by atoms with E-state index in [1.807, 2.05) is 0 Å². The van der Waals surface area contributed by atoms with E-state index in [0.29, 0.717) is 25.5 Å². The molecule has 0 radical (unpaired) electrons. The van der Waals surface area contributed by atoms with Gasteiger partial charge in [0.15, 0.2) is 5.96 Å². The molecule has 0 aromatic rings. The Labute approximate surface area is 116 Å². The summed E-state index contributed by atoms with van der Waals surface area (Å²) in [5.41, 5.74) is 0. The summed E-state index contributed by atoms with van der Waals surface area (Å²) in [5.74, 6) is 0.622. The van der Waals surface area contributed by atoms with Crippen molar-refractivity contribution in [3.63, 3.8) is 0 Å². The molecule has 1 unspecified atom stereocenters. The number of nitrogens with zero attached hydrogens (tertiary/aromatic N) is 1. The molecule has 1 fully saturated rings. The van der Waals surface area contributed by atoms with E-state index in [9.17, 15) is 13.2 Å². The number of hydrogen-bond donors (Lipinski definition) is 2. The van der Waals surface area contributed by atoms with Gasteiger partial charge in [-0.1, -0.05) is 0 Å². The molecule has 20 heavy (non-hydrogen) atoms. The zero-order chi connectivity index (χ0) is 14.8. The molecule has 1 aliphatic rings. The van der Waals surface area contributed by atoms with Gasteiger partial charge < -0.3 is 20.1 Å². The lowest BCUT2D eigenvalue weighted by Gasteiger charge is -2.15. The maximum Gasteiger partial charge on any atom is 0.411 e. The molecule has 1 aliphatic heterocycles. The maximum atomic E-state index is 11.8. The lowest BCUT2D eigenvalue weighted by atomic mass is 10.2. The van der Waals surface area contributed by atoms with Crippen LogP contribution in [0.2, 0.25) is 0 Å². The van der Waals surface area contributed by atoms with Crippen molar-refractivity contribution >= 4 is 5.96 Å². The molecule has 0 saturated carbocycles. The van der Waals surface area contributed by atoms with Crippen LogP contribution in [0.25, 0.3) is 0 Å². The van der Waals surface area contributed by atoms with Crippen molar-refractivity contribution < 1.29 is 22.6 Å². The van der Waals surface area contributed by atoms with Crippen LogP contribution < -0.4 is 10.6 Å². The fourth-order valence-corrected chi connectivity index (χ4v) is 1.81. The first-order chi connectivity index (χ1) is 9.51. The van der Waals surface area contributed by atoms with Gasteiger partial charge in [-0.25, -0.2) is 0 Å². The van der Waals surface area contributed by atoms with Crippen LogP contribution in [-0.2, 0) is 9.47 Å². The molecule has 2 N–H and O–H groups in total. The largest absolute Gasteiger partial charge is 0.411 e. The molecule has 1 atom stereocenters. The third-order valence-corrected chi connectivity index (χ3v) is 2.77. The Morgan fingerprint density at radius 1 is 1.40 bits per heavy atom. The molecule has 0 aliphatic carbocycles. The molecular formula is C12H22F3N3O2. The molecule has 1 rings (SSSR count). The van der Waals surface area contributed by atoms with Crippen LogP contribution in [-0.4, -0.2) is 58.2 Å². The summed E-state index contributed by atoms with van der Waals surface area (Å²) in [6.07, 6.45) is -1.45. The van der Waals surface area contributed by atoms with Gasteiger partial charge >= 0.3 is 6.18 Å². The van der Waals surface area contributed by atoms with Gasteiger partial charge in [-0.3, -0.25) is 4.99 Å². The number of ether oxygens (including phenoxy) is 2. The molecule has 0 spiro atoms. The minimum absolute atomic E-state index is 0.0647. The molecule has 0 amide bonds. The van der Waals surface area contributed by atoms with Gasteiger partial charge in [-0.05, 0) is 19.3 Å². The summed E-state index contributed by atoms with van der Waals surface area (Å²) in [6.45, 7) is 0.858. The van der Waals surface area contributed by atoms with Gasteiger partial charge in [0.2, 0.25) is 0 Å². The molecule has 8 heteroatoms. The summed E-state index contributed by atoms with van der Waals surface area (Å²) in [5, 5.41) is 6.13. The predicted molar refractivity (Wildman–Crippen MR) is 69.8 cm³/mol. The number of nitrogens with one attached hydrogen (secondary N) is 2. The number of guanidine groups is 1. The minimum Gasteiger partial charge on any atom is -0.376 e. The van der Waals surface area contributed by atoms with Crippen LogP contribution in [0.5, 0.6) is 0 Å². The van der Waals surface area contributed by atoms with E-state index < -0.39 is 12.8 Å². The molecule has 0 aromatic heterocycles. The first kappa shape index (κ1) is 17.0. The highest BCUT2D eigenvalue weighted by Gasteiger charge is 2.27. The van der Waals surface area contributed by atoms with Crippen molar-refractivity contribution in [2.45, 2.75) is 31.5 Å². The molecule has 1 saturated heterocycles. The quantitative estimate of drug-likeness (QED) is 0.422. The summed E-state index contributed by atoms with van der Waals surface area (Å²) in [4.78, 5) is 4.02. The van der Waals surface area contributed by atoms with Crippen LogP contribution in [0.1, 0.15) is 19.3 Å². The summed E-state index contributed by atoms with van der Waals surface area (Å²) < 4.78 is 45.4. The molecule has 118 valence electrons. The highest BCUT2D eigenvalue weighted by Crippen LogP contribution is 2.14. The van der Waals surface area contributed by atoms with Crippen molar-refractivity contribution in [2.75, 3.05) is 40.0 Å². The first-order valence-electron chi connectivity index (χ1n) is 6.72. The maximum absolute atomic E-state index is 11.8. The Morgan fingerprint density at radius 2 is 2.20 bits per heavy atom. The smallest absolute Gasteiger partial charge is 0.376 e. The van der Waals surface area contributed by atoms with Crippen molar-refractivity contribution in [1.29, 1.82) is 0 Å². The standard InChI is InChI=1S/C12H22F3N3O2/c1-16-11(18-8-10-4-2-7-20-10)17-5-3-6-19-9-12(13,14)15/h10H,2-9H2,1H3,(H2,16,17,18).